The number of aromatic nitrogens is 2. The number of benzene rings is 2. The minimum absolute atomic E-state index is 0.0364. The number of imidazole rings is 1. The van der Waals surface area contributed by atoms with Crippen molar-refractivity contribution in [1.29, 1.82) is 0 Å². The zero-order valence-corrected chi connectivity index (χ0v) is 13.3. The number of hydrogen-bond acceptors (Lipinski definition) is 4. The molecular weight excluding hydrogens is 290 g/mol. The maximum absolute atomic E-state index is 5.99. The number of para-hydroxylation sites is 2. The summed E-state index contributed by atoms with van der Waals surface area (Å²) >= 11 is 0. The third-order valence-corrected chi connectivity index (χ3v) is 4.28. The van der Waals surface area contributed by atoms with Gasteiger partial charge in [0.05, 0.1) is 24.8 Å². The standard InChI is InChI=1S/C18H19N3O2/c1-13-18-19-16-5-3-4-6-17(16)21(18)11-20(12-23-13)14-7-9-15(22-2)10-8-14/h3-10,13H,11-12H2,1-2H3/t13-/m0/s1. The number of hydrogen-bond donors (Lipinski definition) is 0. The average Bonchev–Trinajstić information content (AvgIpc) is 2.89. The highest BCUT2D eigenvalue weighted by Gasteiger charge is 2.23. The monoisotopic (exact) mass is 309 g/mol. The minimum atomic E-state index is -0.0364. The molecule has 3 aromatic rings. The highest BCUT2D eigenvalue weighted by molar-refractivity contribution is 5.76. The van der Waals surface area contributed by atoms with Crippen molar-refractivity contribution in [2.75, 3.05) is 18.7 Å². The molecule has 4 rings (SSSR count). The average molecular weight is 309 g/mol. The second kappa shape index (κ2) is 5.59. The predicted octanol–water partition coefficient (Wildman–Crippen LogP) is 3.56. The van der Waals surface area contributed by atoms with Gasteiger partial charge in [0.2, 0.25) is 0 Å². The Hall–Kier alpha value is -2.53. The third-order valence-electron chi connectivity index (χ3n) is 4.28. The van der Waals surface area contributed by atoms with Gasteiger partial charge in [-0.15, -0.1) is 0 Å². The quantitative estimate of drug-likeness (QED) is 0.725. The van der Waals surface area contributed by atoms with Crippen LogP contribution < -0.4 is 9.64 Å². The van der Waals surface area contributed by atoms with Gasteiger partial charge in [0.1, 0.15) is 24.4 Å². The first-order valence-electron chi connectivity index (χ1n) is 7.72. The van der Waals surface area contributed by atoms with Gasteiger partial charge in [0, 0.05) is 5.69 Å². The molecule has 0 N–H and O–H groups in total. The van der Waals surface area contributed by atoms with E-state index < -0.39 is 0 Å². The Morgan fingerprint density at radius 1 is 1.13 bits per heavy atom. The SMILES string of the molecule is COc1ccc(N2CO[C@@H](C)c3nc4ccccc4n3C2)cc1. The smallest absolute Gasteiger partial charge is 0.140 e. The van der Waals surface area contributed by atoms with Gasteiger partial charge in [0.25, 0.3) is 0 Å². The molecule has 0 unspecified atom stereocenters. The molecule has 0 amide bonds. The number of ether oxygens (including phenoxy) is 2. The molecule has 2 heterocycles. The van der Waals surface area contributed by atoms with Crippen LogP contribution in [0.2, 0.25) is 0 Å². The van der Waals surface area contributed by atoms with Crippen molar-refractivity contribution in [3.05, 3.63) is 54.4 Å². The zero-order chi connectivity index (χ0) is 15.8. The van der Waals surface area contributed by atoms with Crippen LogP contribution in [0.1, 0.15) is 18.9 Å². The minimum Gasteiger partial charge on any atom is -0.497 e. The molecule has 0 saturated heterocycles. The van der Waals surface area contributed by atoms with Crippen LogP contribution in [-0.2, 0) is 11.4 Å². The third kappa shape index (κ3) is 2.43. The summed E-state index contributed by atoms with van der Waals surface area (Å²) in [5.41, 5.74) is 3.25. The van der Waals surface area contributed by atoms with Crippen LogP contribution >= 0.6 is 0 Å². The molecule has 0 aliphatic carbocycles. The number of methoxy groups -OCH3 is 1. The number of nitrogens with zero attached hydrogens (tertiary/aromatic N) is 3. The molecule has 1 aromatic heterocycles. The van der Waals surface area contributed by atoms with E-state index in [4.69, 9.17) is 14.5 Å². The first-order chi connectivity index (χ1) is 11.3. The molecule has 5 nitrogen and oxygen atoms in total. The number of rotatable bonds is 2. The highest BCUT2D eigenvalue weighted by Crippen LogP contribution is 2.29. The molecular formula is C18H19N3O2. The molecule has 118 valence electrons. The molecule has 1 aliphatic rings. The first kappa shape index (κ1) is 14.1. The van der Waals surface area contributed by atoms with Gasteiger partial charge in [-0.05, 0) is 43.3 Å². The summed E-state index contributed by atoms with van der Waals surface area (Å²) in [4.78, 5) is 6.94. The largest absolute Gasteiger partial charge is 0.497 e. The molecule has 0 bridgehead atoms. The Labute approximate surface area is 135 Å². The van der Waals surface area contributed by atoms with E-state index in [1.165, 1.54) is 0 Å². The van der Waals surface area contributed by atoms with Crippen LogP contribution in [0.5, 0.6) is 5.75 Å². The fraction of sp³-hybridized carbons (Fsp3) is 0.278. The van der Waals surface area contributed by atoms with Crippen LogP contribution in [0.4, 0.5) is 5.69 Å². The molecule has 23 heavy (non-hydrogen) atoms. The summed E-state index contributed by atoms with van der Waals surface area (Å²) in [6, 6.07) is 16.3. The second-order valence-electron chi connectivity index (χ2n) is 5.70. The van der Waals surface area contributed by atoms with Crippen molar-refractivity contribution in [1.82, 2.24) is 9.55 Å². The van der Waals surface area contributed by atoms with Crippen LogP contribution in [0.15, 0.2) is 48.5 Å². The molecule has 1 aliphatic heterocycles. The van der Waals surface area contributed by atoms with E-state index in [0.29, 0.717) is 13.4 Å². The Morgan fingerprint density at radius 2 is 1.91 bits per heavy atom. The van der Waals surface area contributed by atoms with Crippen LogP contribution in [0.3, 0.4) is 0 Å². The summed E-state index contributed by atoms with van der Waals surface area (Å²) < 4.78 is 13.5. The lowest BCUT2D eigenvalue weighted by Crippen LogP contribution is -2.26. The van der Waals surface area contributed by atoms with Gasteiger partial charge in [-0.1, -0.05) is 12.1 Å². The molecule has 0 saturated carbocycles. The lowest BCUT2D eigenvalue weighted by Gasteiger charge is -2.23. The van der Waals surface area contributed by atoms with Crippen molar-refractivity contribution in [3.63, 3.8) is 0 Å². The maximum Gasteiger partial charge on any atom is 0.140 e. The lowest BCUT2D eigenvalue weighted by atomic mass is 10.3. The number of fused-ring (bicyclic) bond motifs is 3. The van der Waals surface area contributed by atoms with E-state index in [1.54, 1.807) is 7.11 Å². The Balaban J connectivity index is 1.74. The van der Waals surface area contributed by atoms with Crippen molar-refractivity contribution >= 4 is 16.7 Å². The summed E-state index contributed by atoms with van der Waals surface area (Å²) in [7, 11) is 1.68. The van der Waals surface area contributed by atoms with Crippen LogP contribution in [-0.4, -0.2) is 23.4 Å². The normalized spacial score (nSPS) is 17.8. The van der Waals surface area contributed by atoms with E-state index >= 15 is 0 Å². The van der Waals surface area contributed by atoms with Gasteiger partial charge in [0.15, 0.2) is 0 Å². The Morgan fingerprint density at radius 3 is 2.70 bits per heavy atom. The Bertz CT molecular complexity index is 826. The Kier molecular flexibility index (Phi) is 3.42. The fourth-order valence-corrected chi connectivity index (χ4v) is 2.99. The van der Waals surface area contributed by atoms with Gasteiger partial charge >= 0.3 is 0 Å². The topological polar surface area (TPSA) is 39.5 Å². The zero-order valence-electron chi connectivity index (χ0n) is 13.3. The maximum atomic E-state index is 5.99. The van der Waals surface area contributed by atoms with Crippen molar-refractivity contribution in [2.24, 2.45) is 0 Å². The van der Waals surface area contributed by atoms with E-state index in [9.17, 15) is 0 Å². The molecule has 0 spiro atoms. The van der Waals surface area contributed by atoms with Crippen LogP contribution in [0, 0.1) is 0 Å². The first-order valence-corrected chi connectivity index (χ1v) is 7.72. The lowest BCUT2D eigenvalue weighted by molar-refractivity contribution is 0.0677. The summed E-state index contributed by atoms with van der Waals surface area (Å²) in [5, 5.41) is 0. The van der Waals surface area contributed by atoms with Gasteiger partial charge < -0.3 is 18.9 Å². The van der Waals surface area contributed by atoms with Crippen molar-refractivity contribution in [3.8, 4) is 5.75 Å². The van der Waals surface area contributed by atoms with Gasteiger partial charge in [-0.25, -0.2) is 4.98 Å². The van der Waals surface area contributed by atoms with E-state index in [-0.39, 0.29) is 6.10 Å². The van der Waals surface area contributed by atoms with E-state index in [2.05, 4.69) is 34.6 Å². The fourth-order valence-electron chi connectivity index (χ4n) is 2.99. The highest BCUT2D eigenvalue weighted by atomic mass is 16.5. The molecule has 1 atom stereocenters. The number of anilines is 1. The van der Waals surface area contributed by atoms with Crippen molar-refractivity contribution < 1.29 is 9.47 Å². The van der Waals surface area contributed by atoms with Gasteiger partial charge in [-0.3, -0.25) is 0 Å². The van der Waals surface area contributed by atoms with Crippen molar-refractivity contribution in [2.45, 2.75) is 19.7 Å². The molecule has 5 heteroatoms. The molecule has 0 radical (unpaired) electrons. The summed E-state index contributed by atoms with van der Waals surface area (Å²) in [5.74, 6) is 1.83. The van der Waals surface area contributed by atoms with Gasteiger partial charge in [-0.2, -0.15) is 0 Å². The van der Waals surface area contributed by atoms with E-state index in [1.807, 2.05) is 30.3 Å². The molecule has 2 aromatic carbocycles. The van der Waals surface area contributed by atoms with Crippen LogP contribution in [0.25, 0.3) is 11.0 Å². The molecule has 0 fully saturated rings. The summed E-state index contributed by atoms with van der Waals surface area (Å²) in [6.45, 7) is 3.30. The van der Waals surface area contributed by atoms with E-state index in [0.717, 1.165) is 28.3 Å². The summed E-state index contributed by atoms with van der Waals surface area (Å²) in [6.07, 6.45) is -0.0364. The second-order valence-corrected chi connectivity index (χ2v) is 5.70. The predicted molar refractivity (Wildman–Crippen MR) is 89.6 cm³/mol.